The summed E-state index contributed by atoms with van der Waals surface area (Å²) >= 11 is 6.18. The maximum atomic E-state index is 13.5. The number of sulfonamides is 1. The third-order valence-corrected chi connectivity index (χ3v) is 8.19. The standard InChI is InChI=1S/C29H29ClN4O3S/c1-20-9-8-10-26(15-20)34-22(3)16-24(23(34)4)18-31-32-29(35)19-33(28-17-25(30)14-13-21(28)2)38(36,37)27-11-6-5-7-12-27/h5-18H,19H2,1-4H3,(H,32,35)/b31-18+. The van der Waals surface area contributed by atoms with Gasteiger partial charge in [0.15, 0.2) is 0 Å². The molecule has 1 heterocycles. The molecular weight excluding hydrogens is 520 g/mol. The average Bonchev–Trinajstić information content (AvgIpc) is 3.17. The van der Waals surface area contributed by atoms with E-state index in [0.717, 1.165) is 32.5 Å². The molecule has 0 saturated heterocycles. The third-order valence-electron chi connectivity index (χ3n) is 6.18. The van der Waals surface area contributed by atoms with Crippen molar-refractivity contribution < 1.29 is 13.2 Å². The van der Waals surface area contributed by atoms with E-state index in [9.17, 15) is 13.2 Å². The highest BCUT2D eigenvalue weighted by Gasteiger charge is 2.28. The van der Waals surface area contributed by atoms with Gasteiger partial charge in [0.2, 0.25) is 0 Å². The Labute approximate surface area is 228 Å². The first kappa shape index (κ1) is 27.2. The number of nitrogens with zero attached hydrogens (tertiary/aromatic N) is 3. The van der Waals surface area contributed by atoms with Crippen molar-refractivity contribution in [2.24, 2.45) is 5.10 Å². The fraction of sp³-hybridized carbons (Fsp3) is 0.172. The second kappa shape index (κ2) is 11.2. The minimum atomic E-state index is -4.05. The molecule has 1 N–H and O–H groups in total. The van der Waals surface area contributed by atoms with Gasteiger partial charge in [-0.3, -0.25) is 9.10 Å². The number of aromatic nitrogens is 1. The molecule has 0 saturated carbocycles. The van der Waals surface area contributed by atoms with E-state index >= 15 is 0 Å². The number of amides is 1. The van der Waals surface area contributed by atoms with E-state index in [1.807, 2.05) is 45.0 Å². The van der Waals surface area contributed by atoms with Gasteiger partial charge in [0.05, 0.1) is 16.8 Å². The quantitative estimate of drug-likeness (QED) is 0.226. The third kappa shape index (κ3) is 5.82. The highest BCUT2D eigenvalue weighted by atomic mass is 35.5. The topological polar surface area (TPSA) is 83.8 Å². The zero-order valence-electron chi connectivity index (χ0n) is 21.6. The number of hydrogen-bond donors (Lipinski definition) is 1. The Bertz CT molecular complexity index is 1610. The summed E-state index contributed by atoms with van der Waals surface area (Å²) in [5, 5.41) is 4.49. The van der Waals surface area contributed by atoms with E-state index in [1.54, 1.807) is 43.5 Å². The molecule has 1 amide bonds. The van der Waals surface area contributed by atoms with E-state index in [4.69, 9.17) is 11.6 Å². The summed E-state index contributed by atoms with van der Waals surface area (Å²) in [6, 6.07) is 23.1. The highest BCUT2D eigenvalue weighted by molar-refractivity contribution is 7.92. The van der Waals surface area contributed by atoms with E-state index < -0.39 is 22.5 Å². The van der Waals surface area contributed by atoms with Crippen molar-refractivity contribution >= 4 is 39.4 Å². The average molecular weight is 549 g/mol. The summed E-state index contributed by atoms with van der Waals surface area (Å²) in [5.41, 5.74) is 8.49. The van der Waals surface area contributed by atoms with Gasteiger partial charge in [-0.1, -0.05) is 48.0 Å². The minimum absolute atomic E-state index is 0.0688. The highest BCUT2D eigenvalue weighted by Crippen LogP contribution is 2.29. The van der Waals surface area contributed by atoms with Crippen molar-refractivity contribution in [2.45, 2.75) is 32.6 Å². The number of aryl methyl sites for hydroxylation is 3. The van der Waals surface area contributed by atoms with Crippen molar-refractivity contribution in [2.75, 3.05) is 10.8 Å². The van der Waals surface area contributed by atoms with Crippen LogP contribution in [-0.4, -0.2) is 31.7 Å². The number of hydrazone groups is 1. The van der Waals surface area contributed by atoms with Gasteiger partial charge in [0.1, 0.15) is 6.54 Å². The van der Waals surface area contributed by atoms with Crippen LogP contribution in [0, 0.1) is 27.7 Å². The van der Waals surface area contributed by atoms with Crippen molar-refractivity contribution in [3.63, 3.8) is 0 Å². The number of halogens is 1. The maximum absolute atomic E-state index is 13.5. The van der Waals surface area contributed by atoms with Crippen LogP contribution >= 0.6 is 11.6 Å². The zero-order valence-corrected chi connectivity index (χ0v) is 23.2. The van der Waals surface area contributed by atoms with Crippen molar-refractivity contribution in [3.8, 4) is 5.69 Å². The minimum Gasteiger partial charge on any atom is -0.318 e. The maximum Gasteiger partial charge on any atom is 0.264 e. The summed E-state index contributed by atoms with van der Waals surface area (Å²) in [4.78, 5) is 13.0. The Morgan fingerprint density at radius 1 is 0.974 bits per heavy atom. The molecule has 4 rings (SSSR count). The summed E-state index contributed by atoms with van der Waals surface area (Å²) in [6.07, 6.45) is 1.56. The Balaban J connectivity index is 1.58. The monoisotopic (exact) mass is 548 g/mol. The molecule has 0 bridgehead atoms. The van der Waals surface area contributed by atoms with Crippen LogP contribution in [0.5, 0.6) is 0 Å². The summed E-state index contributed by atoms with van der Waals surface area (Å²) in [6.45, 7) is 7.32. The normalized spacial score (nSPS) is 11.6. The van der Waals surface area contributed by atoms with Crippen LogP contribution in [0.3, 0.4) is 0 Å². The lowest BCUT2D eigenvalue weighted by molar-refractivity contribution is -0.119. The Morgan fingerprint density at radius 3 is 2.42 bits per heavy atom. The van der Waals surface area contributed by atoms with Crippen LogP contribution in [-0.2, 0) is 14.8 Å². The van der Waals surface area contributed by atoms with Gasteiger partial charge in [0, 0.05) is 27.7 Å². The second-order valence-corrected chi connectivity index (χ2v) is 11.3. The Morgan fingerprint density at radius 2 is 1.71 bits per heavy atom. The molecular formula is C29H29ClN4O3S. The Hall–Kier alpha value is -3.88. The van der Waals surface area contributed by atoms with E-state index in [-0.39, 0.29) is 4.90 Å². The molecule has 9 heteroatoms. The number of anilines is 1. The zero-order chi connectivity index (χ0) is 27.4. The van der Waals surface area contributed by atoms with Crippen molar-refractivity contribution in [1.29, 1.82) is 0 Å². The fourth-order valence-corrected chi connectivity index (χ4v) is 5.96. The largest absolute Gasteiger partial charge is 0.318 e. The molecule has 196 valence electrons. The van der Waals surface area contributed by atoms with E-state index in [0.29, 0.717) is 16.3 Å². The molecule has 7 nitrogen and oxygen atoms in total. The molecule has 3 aromatic carbocycles. The van der Waals surface area contributed by atoms with Crippen LogP contribution in [0.15, 0.2) is 88.9 Å². The summed E-state index contributed by atoms with van der Waals surface area (Å²) < 4.78 is 30.2. The molecule has 38 heavy (non-hydrogen) atoms. The number of hydrogen-bond acceptors (Lipinski definition) is 4. The van der Waals surface area contributed by atoms with Crippen LogP contribution in [0.2, 0.25) is 5.02 Å². The lowest BCUT2D eigenvalue weighted by Crippen LogP contribution is -2.40. The molecule has 0 unspecified atom stereocenters. The van der Waals surface area contributed by atoms with Gasteiger partial charge < -0.3 is 4.57 Å². The van der Waals surface area contributed by atoms with E-state index in [1.165, 1.54) is 18.2 Å². The number of carbonyl (C=O) groups is 1. The number of benzene rings is 3. The van der Waals surface area contributed by atoms with Crippen LogP contribution in [0.1, 0.15) is 28.1 Å². The van der Waals surface area contributed by atoms with Gasteiger partial charge in [-0.25, -0.2) is 13.8 Å². The molecule has 1 aromatic heterocycles. The molecule has 0 aliphatic heterocycles. The van der Waals surface area contributed by atoms with Crippen molar-refractivity contribution in [1.82, 2.24) is 9.99 Å². The molecule has 0 fully saturated rings. The van der Waals surface area contributed by atoms with Gasteiger partial charge in [0.25, 0.3) is 15.9 Å². The Kier molecular flexibility index (Phi) is 8.04. The van der Waals surface area contributed by atoms with Crippen LogP contribution in [0.25, 0.3) is 5.69 Å². The number of carbonyl (C=O) groups excluding carboxylic acids is 1. The first-order valence-corrected chi connectivity index (χ1v) is 13.8. The molecule has 0 radical (unpaired) electrons. The molecule has 4 aromatic rings. The molecule has 0 aliphatic rings. The summed E-state index contributed by atoms with van der Waals surface area (Å²) in [7, 11) is -4.05. The predicted octanol–water partition coefficient (Wildman–Crippen LogP) is 5.71. The van der Waals surface area contributed by atoms with E-state index in [2.05, 4.69) is 21.2 Å². The fourth-order valence-electron chi connectivity index (χ4n) is 4.29. The van der Waals surface area contributed by atoms with Gasteiger partial charge in [-0.15, -0.1) is 0 Å². The molecule has 0 aliphatic carbocycles. The number of nitrogens with one attached hydrogen (secondary N) is 1. The van der Waals surface area contributed by atoms with Crippen molar-refractivity contribution in [3.05, 3.63) is 112 Å². The molecule has 0 spiro atoms. The van der Waals surface area contributed by atoms with Crippen LogP contribution < -0.4 is 9.73 Å². The van der Waals surface area contributed by atoms with Gasteiger partial charge >= 0.3 is 0 Å². The predicted molar refractivity (Wildman–Crippen MR) is 153 cm³/mol. The first-order valence-electron chi connectivity index (χ1n) is 12.0. The molecule has 0 atom stereocenters. The SMILES string of the molecule is Cc1cccc(-n2c(C)cc(/C=N/NC(=O)CN(c3cc(Cl)ccc3C)S(=O)(=O)c3ccccc3)c2C)c1. The van der Waals surface area contributed by atoms with Gasteiger partial charge in [-0.2, -0.15) is 5.10 Å². The van der Waals surface area contributed by atoms with Gasteiger partial charge in [-0.05, 0) is 81.3 Å². The number of rotatable bonds is 8. The van der Waals surface area contributed by atoms with Crippen LogP contribution in [0.4, 0.5) is 5.69 Å². The first-order chi connectivity index (χ1) is 18.1. The smallest absolute Gasteiger partial charge is 0.264 e. The lowest BCUT2D eigenvalue weighted by atomic mass is 10.2. The summed E-state index contributed by atoms with van der Waals surface area (Å²) in [5.74, 6) is -0.590. The second-order valence-electron chi connectivity index (χ2n) is 9.05. The lowest BCUT2D eigenvalue weighted by Gasteiger charge is -2.25.